The van der Waals surface area contributed by atoms with Crippen LogP contribution in [0.15, 0.2) is 29.8 Å². The zero-order chi connectivity index (χ0) is 12.3. The van der Waals surface area contributed by atoms with Gasteiger partial charge < -0.3 is 4.74 Å². The van der Waals surface area contributed by atoms with Crippen molar-refractivity contribution in [2.75, 3.05) is 0 Å². The Morgan fingerprint density at radius 3 is 3.00 bits per heavy atom. The molecule has 1 saturated heterocycles. The molecule has 1 fully saturated rings. The number of nitrogens with zero attached hydrogens (tertiary/aromatic N) is 3. The molecule has 17 heavy (non-hydrogen) atoms. The van der Waals surface area contributed by atoms with E-state index in [-0.39, 0.29) is 6.04 Å². The first-order chi connectivity index (χ1) is 8.22. The lowest BCUT2D eigenvalue weighted by Gasteiger charge is -2.23. The van der Waals surface area contributed by atoms with Crippen LogP contribution in [0.25, 0.3) is 0 Å². The van der Waals surface area contributed by atoms with Gasteiger partial charge in [0.2, 0.25) is 0 Å². The highest BCUT2D eigenvalue weighted by atomic mass is 16.6. The van der Waals surface area contributed by atoms with E-state index in [9.17, 15) is 9.70 Å². The van der Waals surface area contributed by atoms with Crippen molar-refractivity contribution in [3.8, 4) is 0 Å². The van der Waals surface area contributed by atoms with E-state index in [4.69, 9.17) is 4.74 Å². The van der Waals surface area contributed by atoms with Gasteiger partial charge in [0.05, 0.1) is 11.3 Å². The van der Waals surface area contributed by atoms with Crippen LogP contribution in [-0.2, 0) is 9.53 Å². The molecule has 6 heteroatoms. The third kappa shape index (κ3) is 2.41. The summed E-state index contributed by atoms with van der Waals surface area (Å²) in [6.07, 6.45) is 4.12. The highest BCUT2D eigenvalue weighted by molar-refractivity contribution is 5.66. The number of esters is 1. The Bertz CT molecular complexity index is 410. The summed E-state index contributed by atoms with van der Waals surface area (Å²) in [7, 11) is 0. The first-order valence-electron chi connectivity index (χ1n) is 5.41. The summed E-state index contributed by atoms with van der Waals surface area (Å²) < 4.78 is 5.04. The molecule has 1 aromatic rings. The number of ether oxygens (including phenoxy) is 1. The second-order valence-corrected chi connectivity index (χ2v) is 3.91. The molecule has 0 saturated carbocycles. The van der Waals surface area contributed by atoms with Crippen molar-refractivity contribution in [3.05, 3.63) is 35.0 Å². The van der Waals surface area contributed by atoms with Gasteiger partial charge in [0.25, 0.3) is 0 Å². The molecule has 0 unspecified atom stereocenters. The monoisotopic (exact) mass is 235 g/mol. The average Bonchev–Trinajstić information content (AvgIpc) is 2.72. The molecule has 2 atom stereocenters. The first-order valence-corrected chi connectivity index (χ1v) is 5.41. The van der Waals surface area contributed by atoms with E-state index in [2.05, 4.69) is 10.3 Å². The van der Waals surface area contributed by atoms with Crippen LogP contribution in [0.4, 0.5) is 0 Å². The molecule has 0 aromatic carbocycles. The van der Waals surface area contributed by atoms with E-state index >= 15 is 0 Å². The number of aromatic nitrogens is 1. The highest BCUT2D eigenvalue weighted by Gasteiger charge is 2.36. The predicted octanol–water partition coefficient (Wildman–Crippen LogP) is 1.79. The van der Waals surface area contributed by atoms with Gasteiger partial charge >= 0.3 is 5.97 Å². The van der Waals surface area contributed by atoms with E-state index in [1.807, 2.05) is 6.07 Å². The summed E-state index contributed by atoms with van der Waals surface area (Å²) in [5.74, 6) is -0.407. The van der Waals surface area contributed by atoms with E-state index in [0.717, 1.165) is 12.0 Å². The third-order valence-electron chi connectivity index (χ3n) is 2.77. The molecule has 0 aliphatic carbocycles. The quantitative estimate of drug-likeness (QED) is 0.590. The van der Waals surface area contributed by atoms with Gasteiger partial charge in [-0.05, 0) is 18.1 Å². The van der Waals surface area contributed by atoms with Crippen molar-refractivity contribution in [1.82, 2.24) is 9.99 Å². The molecule has 90 valence electrons. The van der Waals surface area contributed by atoms with Gasteiger partial charge in [-0.2, -0.15) is 0 Å². The van der Waals surface area contributed by atoms with Crippen molar-refractivity contribution in [2.24, 2.45) is 5.29 Å². The largest absolute Gasteiger partial charge is 0.440 e. The lowest BCUT2D eigenvalue weighted by atomic mass is 10.1. The van der Waals surface area contributed by atoms with Crippen LogP contribution in [-0.4, -0.2) is 22.2 Å². The Labute approximate surface area is 98.5 Å². The van der Waals surface area contributed by atoms with Crippen LogP contribution >= 0.6 is 0 Å². The van der Waals surface area contributed by atoms with E-state index in [1.165, 1.54) is 11.9 Å². The minimum absolute atomic E-state index is 0.162. The minimum Gasteiger partial charge on any atom is -0.440 e. The Morgan fingerprint density at radius 2 is 2.41 bits per heavy atom. The molecule has 0 amide bonds. The fourth-order valence-corrected chi connectivity index (χ4v) is 2.07. The summed E-state index contributed by atoms with van der Waals surface area (Å²) in [4.78, 5) is 25.8. The highest BCUT2D eigenvalue weighted by Crippen LogP contribution is 2.36. The van der Waals surface area contributed by atoms with E-state index in [0.29, 0.717) is 6.42 Å². The van der Waals surface area contributed by atoms with Gasteiger partial charge in [0, 0.05) is 25.7 Å². The van der Waals surface area contributed by atoms with E-state index < -0.39 is 12.2 Å². The smallest absolute Gasteiger partial charge is 0.304 e. The van der Waals surface area contributed by atoms with Gasteiger partial charge in [-0.15, -0.1) is 4.91 Å². The maximum absolute atomic E-state index is 10.9. The SMILES string of the molecule is CC(=O)O[C@@H]1CC[C@H](c2cccnc2)N1N=O. The predicted molar refractivity (Wildman–Crippen MR) is 59.4 cm³/mol. The minimum atomic E-state index is -0.560. The normalized spacial score (nSPS) is 23.5. The standard InChI is InChI=1S/C11H13N3O3/c1-8(15)17-11-5-4-10(14(11)13-16)9-3-2-6-12-7-9/h2-3,6-7,10-11H,4-5H2,1H3/t10-,11-/m1/s1. The lowest BCUT2D eigenvalue weighted by molar-refractivity contribution is -0.155. The number of carbonyl (C=O) groups is 1. The first kappa shape index (κ1) is 11.5. The van der Waals surface area contributed by atoms with Crippen LogP contribution in [0, 0.1) is 4.91 Å². The molecule has 0 radical (unpaired) electrons. The molecule has 0 bridgehead atoms. The topological polar surface area (TPSA) is 71.9 Å². The molecule has 2 rings (SSSR count). The molecule has 6 nitrogen and oxygen atoms in total. The van der Waals surface area contributed by atoms with Crippen LogP contribution in [0.1, 0.15) is 31.4 Å². The number of hydrogen-bond acceptors (Lipinski definition) is 5. The summed E-state index contributed by atoms with van der Waals surface area (Å²) >= 11 is 0. The maximum atomic E-state index is 10.9. The Hall–Kier alpha value is -1.98. The maximum Gasteiger partial charge on any atom is 0.304 e. The van der Waals surface area contributed by atoms with Gasteiger partial charge in [0.1, 0.15) is 0 Å². The zero-order valence-electron chi connectivity index (χ0n) is 9.44. The molecule has 1 aliphatic heterocycles. The third-order valence-corrected chi connectivity index (χ3v) is 2.77. The molecule has 2 heterocycles. The summed E-state index contributed by atoms with van der Waals surface area (Å²) in [5, 5.41) is 4.25. The van der Waals surface area contributed by atoms with Gasteiger partial charge in [-0.25, -0.2) is 5.01 Å². The summed E-state index contributed by atoms with van der Waals surface area (Å²) in [6.45, 7) is 1.32. The van der Waals surface area contributed by atoms with Crippen molar-refractivity contribution in [2.45, 2.75) is 32.0 Å². The lowest BCUT2D eigenvalue weighted by Crippen LogP contribution is -2.30. The fraction of sp³-hybridized carbons (Fsp3) is 0.455. The van der Waals surface area contributed by atoms with Crippen molar-refractivity contribution in [3.63, 3.8) is 0 Å². The van der Waals surface area contributed by atoms with Crippen molar-refractivity contribution >= 4 is 5.97 Å². The number of pyridine rings is 1. The molecule has 1 aliphatic rings. The number of rotatable bonds is 3. The molecule has 0 N–H and O–H groups in total. The zero-order valence-corrected chi connectivity index (χ0v) is 9.44. The summed E-state index contributed by atoms with van der Waals surface area (Å²) in [6, 6.07) is 3.52. The Morgan fingerprint density at radius 1 is 1.59 bits per heavy atom. The second kappa shape index (κ2) is 4.90. The fourth-order valence-electron chi connectivity index (χ4n) is 2.07. The average molecular weight is 235 g/mol. The van der Waals surface area contributed by atoms with Crippen LogP contribution in [0.2, 0.25) is 0 Å². The van der Waals surface area contributed by atoms with Crippen LogP contribution < -0.4 is 0 Å². The number of hydrogen-bond donors (Lipinski definition) is 0. The van der Waals surface area contributed by atoms with Crippen LogP contribution in [0.3, 0.4) is 0 Å². The molecular weight excluding hydrogens is 222 g/mol. The Balaban J connectivity index is 2.15. The van der Waals surface area contributed by atoms with Crippen molar-refractivity contribution in [1.29, 1.82) is 0 Å². The van der Waals surface area contributed by atoms with Crippen LogP contribution in [0.5, 0.6) is 0 Å². The van der Waals surface area contributed by atoms with Gasteiger partial charge in [-0.3, -0.25) is 9.78 Å². The number of carbonyl (C=O) groups excluding carboxylic acids is 1. The second-order valence-electron chi connectivity index (χ2n) is 3.91. The molecular formula is C11H13N3O3. The summed E-state index contributed by atoms with van der Waals surface area (Å²) in [5.41, 5.74) is 0.904. The Kier molecular flexibility index (Phi) is 3.32. The van der Waals surface area contributed by atoms with Crippen molar-refractivity contribution < 1.29 is 9.53 Å². The number of nitroso groups, excluding NO2 is 1. The van der Waals surface area contributed by atoms with E-state index in [1.54, 1.807) is 18.5 Å². The molecule has 0 spiro atoms. The molecule has 1 aromatic heterocycles. The van der Waals surface area contributed by atoms with Gasteiger partial charge in [0.15, 0.2) is 6.23 Å². The van der Waals surface area contributed by atoms with Gasteiger partial charge in [-0.1, -0.05) is 6.07 Å².